The molecule has 0 saturated heterocycles. The maximum Gasteiger partial charge on any atom is 0.255 e. The molecule has 4 aromatic rings. The summed E-state index contributed by atoms with van der Waals surface area (Å²) >= 11 is 7.71. The van der Waals surface area contributed by atoms with Crippen LogP contribution in [0, 0.1) is 0 Å². The zero-order valence-corrected chi connectivity index (χ0v) is 21.3. The van der Waals surface area contributed by atoms with Crippen molar-refractivity contribution in [1.29, 1.82) is 0 Å². The third-order valence-corrected chi connectivity index (χ3v) is 6.98. The lowest BCUT2D eigenvalue weighted by Crippen LogP contribution is -2.31. The Morgan fingerprint density at radius 1 is 1.08 bits per heavy atom. The van der Waals surface area contributed by atoms with Crippen molar-refractivity contribution in [3.05, 3.63) is 106 Å². The van der Waals surface area contributed by atoms with Gasteiger partial charge in [0.05, 0.1) is 12.7 Å². The van der Waals surface area contributed by atoms with E-state index in [2.05, 4.69) is 22.8 Å². The van der Waals surface area contributed by atoms with Crippen LogP contribution in [0.3, 0.4) is 0 Å². The van der Waals surface area contributed by atoms with Crippen LogP contribution in [0.25, 0.3) is 0 Å². The van der Waals surface area contributed by atoms with E-state index in [1.165, 1.54) is 5.56 Å². The first-order valence-electron chi connectivity index (χ1n) is 11.3. The summed E-state index contributed by atoms with van der Waals surface area (Å²) in [5.41, 5.74) is 3.99. The zero-order chi connectivity index (χ0) is 25.1. The van der Waals surface area contributed by atoms with Crippen LogP contribution in [0.1, 0.15) is 24.1 Å². The number of aromatic nitrogens is 3. The summed E-state index contributed by atoms with van der Waals surface area (Å²) < 4.78 is 6.99. The topological polar surface area (TPSA) is 81.1 Å². The molecular formula is C27H24ClN5O2S. The summed E-state index contributed by atoms with van der Waals surface area (Å²) in [6, 6.07) is 24.4. The molecule has 0 unspecified atom stereocenters. The largest absolute Gasteiger partial charge is 0.497 e. The van der Waals surface area contributed by atoms with Gasteiger partial charge in [-0.1, -0.05) is 65.8 Å². The normalized spacial score (nSPS) is 14.7. The number of ether oxygens (including phenoxy) is 1. The molecule has 0 radical (unpaired) electrons. The van der Waals surface area contributed by atoms with E-state index in [9.17, 15) is 4.79 Å². The minimum atomic E-state index is -0.477. The van der Waals surface area contributed by atoms with Crippen LogP contribution in [0.15, 0.2) is 95.3 Å². The van der Waals surface area contributed by atoms with Crippen LogP contribution in [0.4, 0.5) is 11.6 Å². The number of carbonyl (C=O) groups excluding carboxylic acids is 1. The van der Waals surface area contributed by atoms with Gasteiger partial charge >= 0.3 is 0 Å². The number of carbonyl (C=O) groups is 1. The number of hydrogen-bond acceptors (Lipinski definition) is 6. The minimum Gasteiger partial charge on any atom is -0.497 e. The second-order valence-electron chi connectivity index (χ2n) is 8.24. The number of hydrogen-bond donors (Lipinski definition) is 2. The lowest BCUT2D eigenvalue weighted by Gasteiger charge is -2.28. The Bertz CT molecular complexity index is 1400. The van der Waals surface area contributed by atoms with Gasteiger partial charge in [-0.25, -0.2) is 4.68 Å². The Kier molecular flexibility index (Phi) is 6.97. The van der Waals surface area contributed by atoms with E-state index in [1.807, 2.05) is 49.4 Å². The predicted molar refractivity (Wildman–Crippen MR) is 144 cm³/mol. The van der Waals surface area contributed by atoms with Gasteiger partial charge in [0.1, 0.15) is 11.8 Å². The molecule has 0 spiro atoms. The third-order valence-electron chi connectivity index (χ3n) is 5.82. The quantitative estimate of drug-likeness (QED) is 0.286. The van der Waals surface area contributed by atoms with Crippen molar-refractivity contribution in [2.75, 3.05) is 17.7 Å². The molecule has 0 bridgehead atoms. The number of benzene rings is 3. The SMILES string of the molecule is COc1ccc(NC(=O)C2=C(C)Nc3nc(SCc4ccccc4)nn3[C@H]2c2ccc(Cl)cc2)cc1. The van der Waals surface area contributed by atoms with Crippen molar-refractivity contribution in [2.24, 2.45) is 0 Å². The van der Waals surface area contributed by atoms with Gasteiger partial charge in [-0.3, -0.25) is 4.79 Å². The van der Waals surface area contributed by atoms with Crippen molar-refractivity contribution in [3.8, 4) is 5.75 Å². The van der Waals surface area contributed by atoms with Crippen LogP contribution in [0.5, 0.6) is 5.75 Å². The van der Waals surface area contributed by atoms with Gasteiger partial charge in [0, 0.05) is 22.2 Å². The number of rotatable bonds is 7. The monoisotopic (exact) mass is 517 g/mol. The highest BCUT2D eigenvalue weighted by atomic mass is 35.5. The van der Waals surface area contributed by atoms with E-state index >= 15 is 0 Å². The van der Waals surface area contributed by atoms with Gasteiger partial charge < -0.3 is 15.4 Å². The summed E-state index contributed by atoms with van der Waals surface area (Å²) in [6.45, 7) is 1.88. The van der Waals surface area contributed by atoms with Crippen LogP contribution >= 0.6 is 23.4 Å². The van der Waals surface area contributed by atoms with Crippen molar-refractivity contribution >= 4 is 40.9 Å². The fraction of sp³-hybridized carbons (Fsp3) is 0.148. The van der Waals surface area contributed by atoms with E-state index in [1.54, 1.807) is 47.8 Å². The van der Waals surface area contributed by atoms with Crippen molar-refractivity contribution in [2.45, 2.75) is 23.9 Å². The first-order valence-corrected chi connectivity index (χ1v) is 12.7. The Morgan fingerprint density at radius 3 is 2.50 bits per heavy atom. The number of nitrogens with one attached hydrogen (secondary N) is 2. The third kappa shape index (κ3) is 5.10. The molecule has 0 fully saturated rings. The van der Waals surface area contributed by atoms with Gasteiger partial charge in [-0.15, -0.1) is 5.10 Å². The fourth-order valence-electron chi connectivity index (χ4n) is 4.03. The second kappa shape index (κ2) is 10.5. The van der Waals surface area contributed by atoms with Crippen LogP contribution in [-0.2, 0) is 10.5 Å². The van der Waals surface area contributed by atoms with E-state index in [0.717, 1.165) is 17.1 Å². The molecule has 1 amide bonds. The molecule has 0 saturated carbocycles. The number of nitrogens with zero attached hydrogens (tertiary/aromatic N) is 3. The summed E-state index contributed by atoms with van der Waals surface area (Å²) in [5, 5.41) is 12.3. The van der Waals surface area contributed by atoms with E-state index < -0.39 is 6.04 Å². The molecule has 3 aromatic carbocycles. The molecule has 182 valence electrons. The van der Waals surface area contributed by atoms with Gasteiger partial charge in [0.25, 0.3) is 5.91 Å². The van der Waals surface area contributed by atoms with Gasteiger partial charge in [-0.05, 0) is 54.4 Å². The average Bonchev–Trinajstić information content (AvgIpc) is 3.30. The number of anilines is 2. The Labute approximate surface area is 218 Å². The first-order chi connectivity index (χ1) is 17.5. The molecule has 1 aliphatic heterocycles. The summed E-state index contributed by atoms with van der Waals surface area (Å²) in [4.78, 5) is 18.3. The summed E-state index contributed by atoms with van der Waals surface area (Å²) in [7, 11) is 1.61. The molecule has 1 aliphatic rings. The zero-order valence-electron chi connectivity index (χ0n) is 19.7. The van der Waals surface area contributed by atoms with Crippen molar-refractivity contribution in [3.63, 3.8) is 0 Å². The molecular weight excluding hydrogens is 494 g/mol. The molecule has 7 nitrogen and oxygen atoms in total. The number of amides is 1. The van der Waals surface area contributed by atoms with Crippen molar-refractivity contribution in [1.82, 2.24) is 14.8 Å². The molecule has 9 heteroatoms. The number of fused-ring (bicyclic) bond motifs is 1. The number of halogens is 1. The molecule has 1 atom stereocenters. The maximum absolute atomic E-state index is 13.6. The lowest BCUT2D eigenvalue weighted by molar-refractivity contribution is -0.113. The minimum absolute atomic E-state index is 0.232. The number of methoxy groups -OCH3 is 1. The fourth-order valence-corrected chi connectivity index (χ4v) is 4.95. The summed E-state index contributed by atoms with van der Waals surface area (Å²) in [5.74, 6) is 1.82. The van der Waals surface area contributed by atoms with Crippen molar-refractivity contribution < 1.29 is 9.53 Å². The molecule has 36 heavy (non-hydrogen) atoms. The predicted octanol–water partition coefficient (Wildman–Crippen LogP) is 6.16. The first kappa shape index (κ1) is 24.0. The van der Waals surface area contributed by atoms with E-state index in [-0.39, 0.29) is 5.91 Å². The Hall–Kier alpha value is -3.75. The smallest absolute Gasteiger partial charge is 0.255 e. The highest BCUT2D eigenvalue weighted by Crippen LogP contribution is 2.37. The average molecular weight is 518 g/mol. The van der Waals surface area contributed by atoms with Crippen LogP contribution in [-0.4, -0.2) is 27.8 Å². The molecule has 1 aromatic heterocycles. The standard InChI is InChI=1S/C27H24ClN5O2S/c1-17-23(25(34)30-21-12-14-22(35-2)15-13-21)24(19-8-10-20(28)11-9-19)33-26(29-17)31-27(32-33)36-16-18-6-4-3-5-7-18/h3-15,24H,16H2,1-2H3,(H,30,34)(H,29,31,32)/t24-/m0/s1. The van der Waals surface area contributed by atoms with Crippen LogP contribution < -0.4 is 15.4 Å². The highest BCUT2D eigenvalue weighted by molar-refractivity contribution is 7.98. The van der Waals surface area contributed by atoms with Gasteiger partial charge in [-0.2, -0.15) is 4.98 Å². The Morgan fingerprint density at radius 2 is 1.81 bits per heavy atom. The van der Waals surface area contributed by atoms with Gasteiger partial charge in [0.2, 0.25) is 11.1 Å². The molecule has 0 aliphatic carbocycles. The van der Waals surface area contributed by atoms with E-state index in [0.29, 0.717) is 33.1 Å². The second-order valence-corrected chi connectivity index (χ2v) is 9.62. The number of allylic oxidation sites excluding steroid dienone is 1. The maximum atomic E-state index is 13.6. The number of thioether (sulfide) groups is 1. The van der Waals surface area contributed by atoms with Gasteiger partial charge in [0.15, 0.2) is 0 Å². The van der Waals surface area contributed by atoms with Crippen LogP contribution in [0.2, 0.25) is 5.02 Å². The molecule has 2 heterocycles. The molecule has 5 rings (SSSR count). The highest BCUT2D eigenvalue weighted by Gasteiger charge is 2.34. The molecule has 2 N–H and O–H groups in total. The Balaban J connectivity index is 1.47. The summed E-state index contributed by atoms with van der Waals surface area (Å²) in [6.07, 6.45) is 0. The van der Waals surface area contributed by atoms with E-state index in [4.69, 9.17) is 26.4 Å². The lowest BCUT2D eigenvalue weighted by atomic mass is 9.95.